The molecule has 0 aliphatic carbocycles. The Morgan fingerprint density at radius 3 is 2.74 bits per heavy atom. The van der Waals surface area contributed by atoms with Gasteiger partial charge in [-0.05, 0) is 19.3 Å². The quantitative estimate of drug-likeness (QED) is 0.198. The largest absolute Gasteiger partial charge is 0.383 e. The van der Waals surface area contributed by atoms with Gasteiger partial charge in [-0.3, -0.25) is 10.2 Å². The molecule has 0 saturated carbocycles. The summed E-state index contributed by atoms with van der Waals surface area (Å²) in [5.74, 6) is 6.02. The average Bonchev–Trinajstić information content (AvgIpc) is 2.46. The van der Waals surface area contributed by atoms with Crippen LogP contribution in [0.2, 0.25) is 0 Å². The molecule has 0 aromatic heterocycles. The average molecular weight is 271 g/mol. The highest BCUT2D eigenvalue weighted by Crippen LogP contribution is 2.09. The maximum atomic E-state index is 11.9. The van der Waals surface area contributed by atoms with Gasteiger partial charge in [-0.1, -0.05) is 0 Å². The van der Waals surface area contributed by atoms with E-state index in [4.69, 9.17) is 10.6 Å². The molecule has 1 fully saturated rings. The molecule has 1 saturated heterocycles. The predicted octanol–water partition coefficient (Wildman–Crippen LogP) is -0.556. The van der Waals surface area contributed by atoms with Crippen LogP contribution in [-0.2, 0) is 9.53 Å². The van der Waals surface area contributed by atoms with E-state index in [2.05, 4.69) is 15.7 Å². The van der Waals surface area contributed by atoms with Crippen molar-refractivity contribution in [1.29, 1.82) is 0 Å². The second-order valence-corrected chi connectivity index (χ2v) is 4.49. The highest BCUT2D eigenvalue weighted by molar-refractivity contribution is 5.80. The standard InChI is InChI=1S/C12H25N5O2/c1-19-10-7-15-12(16-13)14-6-5-11(18)17-8-3-2-4-9-17/h2-10,13H2,1H3,(H2,14,15,16). The van der Waals surface area contributed by atoms with Gasteiger partial charge in [-0.2, -0.15) is 0 Å². The number of amides is 1. The van der Waals surface area contributed by atoms with E-state index in [1.165, 1.54) is 6.42 Å². The lowest BCUT2D eigenvalue weighted by Crippen LogP contribution is -2.44. The molecule has 7 nitrogen and oxygen atoms in total. The topological polar surface area (TPSA) is 92.0 Å². The minimum absolute atomic E-state index is 0.195. The van der Waals surface area contributed by atoms with Gasteiger partial charge < -0.3 is 15.0 Å². The Labute approximate surface area is 114 Å². The van der Waals surface area contributed by atoms with Crippen LogP contribution in [0.3, 0.4) is 0 Å². The molecule has 7 heteroatoms. The Balaban J connectivity index is 2.19. The SMILES string of the molecule is COCCN=C(NN)NCCC(=O)N1CCCCC1. The van der Waals surface area contributed by atoms with Crippen LogP contribution in [0.4, 0.5) is 0 Å². The molecule has 1 amide bonds. The smallest absolute Gasteiger partial charge is 0.224 e. The highest BCUT2D eigenvalue weighted by Gasteiger charge is 2.15. The predicted molar refractivity (Wildman–Crippen MR) is 74.6 cm³/mol. The zero-order chi connectivity index (χ0) is 13.9. The third-order valence-corrected chi connectivity index (χ3v) is 3.04. The van der Waals surface area contributed by atoms with Gasteiger partial charge in [0.25, 0.3) is 0 Å². The summed E-state index contributed by atoms with van der Waals surface area (Å²) in [7, 11) is 1.62. The number of methoxy groups -OCH3 is 1. The molecule has 0 radical (unpaired) electrons. The van der Waals surface area contributed by atoms with Crippen molar-refractivity contribution in [3.05, 3.63) is 0 Å². The van der Waals surface area contributed by atoms with Crippen molar-refractivity contribution in [3.63, 3.8) is 0 Å². The maximum Gasteiger partial charge on any atom is 0.224 e. The molecule has 0 bridgehead atoms. The minimum Gasteiger partial charge on any atom is -0.383 e. The van der Waals surface area contributed by atoms with Gasteiger partial charge in [0, 0.05) is 33.2 Å². The van der Waals surface area contributed by atoms with Crippen molar-refractivity contribution in [2.24, 2.45) is 10.8 Å². The number of hydrogen-bond acceptors (Lipinski definition) is 4. The number of ether oxygens (including phenoxy) is 1. The monoisotopic (exact) mass is 271 g/mol. The van der Waals surface area contributed by atoms with Crippen molar-refractivity contribution in [2.45, 2.75) is 25.7 Å². The number of nitrogens with zero attached hydrogens (tertiary/aromatic N) is 2. The highest BCUT2D eigenvalue weighted by atomic mass is 16.5. The summed E-state index contributed by atoms with van der Waals surface area (Å²) in [6.45, 7) is 3.39. The van der Waals surface area contributed by atoms with Gasteiger partial charge in [0.15, 0.2) is 0 Å². The molecular weight excluding hydrogens is 246 g/mol. The molecule has 0 aromatic carbocycles. The summed E-state index contributed by atoms with van der Waals surface area (Å²) < 4.78 is 4.89. The van der Waals surface area contributed by atoms with Crippen LogP contribution >= 0.6 is 0 Å². The number of carbonyl (C=O) groups is 1. The van der Waals surface area contributed by atoms with Crippen LogP contribution in [0.1, 0.15) is 25.7 Å². The maximum absolute atomic E-state index is 11.9. The number of guanidine groups is 1. The van der Waals surface area contributed by atoms with Crippen molar-refractivity contribution in [1.82, 2.24) is 15.6 Å². The zero-order valence-electron chi connectivity index (χ0n) is 11.7. The van der Waals surface area contributed by atoms with Crippen molar-refractivity contribution < 1.29 is 9.53 Å². The first-order valence-corrected chi connectivity index (χ1v) is 6.79. The van der Waals surface area contributed by atoms with Gasteiger partial charge in [0.05, 0.1) is 13.2 Å². The van der Waals surface area contributed by atoms with Crippen LogP contribution in [0.15, 0.2) is 4.99 Å². The van der Waals surface area contributed by atoms with E-state index in [0.29, 0.717) is 32.1 Å². The lowest BCUT2D eigenvalue weighted by molar-refractivity contribution is -0.131. The molecule has 1 heterocycles. The molecule has 0 unspecified atom stereocenters. The lowest BCUT2D eigenvalue weighted by atomic mass is 10.1. The van der Waals surface area contributed by atoms with Gasteiger partial charge in [0.1, 0.15) is 0 Å². The Morgan fingerprint density at radius 1 is 1.37 bits per heavy atom. The van der Waals surface area contributed by atoms with E-state index in [1.54, 1.807) is 7.11 Å². The molecule has 4 N–H and O–H groups in total. The Kier molecular flexibility index (Phi) is 7.92. The minimum atomic E-state index is 0.195. The second-order valence-electron chi connectivity index (χ2n) is 4.49. The van der Waals surface area contributed by atoms with Gasteiger partial charge in [-0.15, -0.1) is 0 Å². The van der Waals surface area contributed by atoms with Crippen LogP contribution < -0.4 is 16.6 Å². The fourth-order valence-corrected chi connectivity index (χ4v) is 1.99. The first-order valence-electron chi connectivity index (χ1n) is 6.79. The Bertz CT molecular complexity index is 290. The van der Waals surface area contributed by atoms with Crippen LogP contribution in [0.25, 0.3) is 0 Å². The lowest BCUT2D eigenvalue weighted by Gasteiger charge is -2.26. The number of piperidine rings is 1. The van der Waals surface area contributed by atoms with Crippen molar-refractivity contribution in [3.8, 4) is 0 Å². The zero-order valence-corrected chi connectivity index (χ0v) is 11.7. The summed E-state index contributed by atoms with van der Waals surface area (Å²) in [5.41, 5.74) is 2.47. The summed E-state index contributed by atoms with van der Waals surface area (Å²) in [5, 5.41) is 3.01. The number of rotatable bonds is 6. The van der Waals surface area contributed by atoms with E-state index in [0.717, 1.165) is 25.9 Å². The van der Waals surface area contributed by atoms with E-state index in [-0.39, 0.29) is 5.91 Å². The number of carbonyl (C=O) groups excluding carboxylic acids is 1. The van der Waals surface area contributed by atoms with Crippen molar-refractivity contribution >= 4 is 11.9 Å². The molecule has 1 aliphatic rings. The first-order chi connectivity index (χ1) is 9.27. The first kappa shape index (κ1) is 15.7. The Hall–Kier alpha value is -1.34. The van der Waals surface area contributed by atoms with E-state index >= 15 is 0 Å². The molecular formula is C12H25N5O2. The molecule has 1 rings (SSSR count). The van der Waals surface area contributed by atoms with Gasteiger partial charge in [0.2, 0.25) is 11.9 Å². The molecule has 0 aromatic rings. The summed E-state index contributed by atoms with van der Waals surface area (Å²) >= 11 is 0. The summed E-state index contributed by atoms with van der Waals surface area (Å²) in [6.07, 6.45) is 3.93. The van der Waals surface area contributed by atoms with Crippen molar-refractivity contribution in [2.75, 3.05) is 39.9 Å². The van der Waals surface area contributed by atoms with E-state index in [1.807, 2.05) is 4.90 Å². The van der Waals surface area contributed by atoms with Gasteiger partial charge in [-0.25, -0.2) is 10.8 Å². The van der Waals surface area contributed by atoms with E-state index in [9.17, 15) is 4.79 Å². The molecule has 0 atom stereocenters. The number of aliphatic imine (C=N–C) groups is 1. The third-order valence-electron chi connectivity index (χ3n) is 3.04. The summed E-state index contributed by atoms with van der Waals surface area (Å²) in [4.78, 5) is 18.0. The number of likely N-dealkylation sites (tertiary alicyclic amines) is 1. The molecule has 1 aliphatic heterocycles. The molecule has 19 heavy (non-hydrogen) atoms. The number of hydrazine groups is 1. The normalized spacial score (nSPS) is 16.3. The van der Waals surface area contributed by atoms with E-state index < -0.39 is 0 Å². The number of hydrogen-bond donors (Lipinski definition) is 3. The van der Waals surface area contributed by atoms with Crippen LogP contribution in [0, 0.1) is 0 Å². The number of nitrogens with two attached hydrogens (primary N) is 1. The van der Waals surface area contributed by atoms with Crippen LogP contribution in [-0.4, -0.2) is 56.7 Å². The third kappa shape index (κ3) is 6.40. The Morgan fingerprint density at radius 2 is 2.11 bits per heavy atom. The van der Waals surface area contributed by atoms with Gasteiger partial charge >= 0.3 is 0 Å². The summed E-state index contributed by atoms with van der Waals surface area (Å²) in [6, 6.07) is 0. The molecule has 110 valence electrons. The number of nitrogens with one attached hydrogen (secondary N) is 2. The fraction of sp³-hybridized carbons (Fsp3) is 0.833. The second kappa shape index (κ2) is 9.57. The fourth-order valence-electron chi connectivity index (χ4n) is 1.99. The van der Waals surface area contributed by atoms with Crippen LogP contribution in [0.5, 0.6) is 0 Å². The molecule has 0 spiro atoms.